The van der Waals surface area contributed by atoms with Crippen LogP contribution in [0, 0.1) is 10.1 Å². The number of nitrogens with zero attached hydrogens (tertiary/aromatic N) is 2. The number of non-ortho nitro benzene ring substituents is 1. The summed E-state index contributed by atoms with van der Waals surface area (Å²) in [6.45, 7) is -0.101. The molecule has 3 rings (SSSR count). The summed E-state index contributed by atoms with van der Waals surface area (Å²) in [6.07, 6.45) is 2.23. The number of ether oxygens (including phenoxy) is 1. The molecule has 0 radical (unpaired) electrons. The molecule has 0 aliphatic rings. The molecule has 9 nitrogen and oxygen atoms in total. The lowest BCUT2D eigenvalue weighted by Crippen LogP contribution is -2.42. The molecule has 2 aromatic heterocycles. The molecule has 1 amide bonds. The second-order valence-corrected chi connectivity index (χ2v) is 8.32. The Morgan fingerprint density at radius 2 is 2.16 bits per heavy atom. The summed E-state index contributed by atoms with van der Waals surface area (Å²) in [5.41, 5.74) is 0.335. The summed E-state index contributed by atoms with van der Waals surface area (Å²) in [5.74, 6) is -0.0118. The number of carbonyl (C=O) groups excluding carboxylic acids is 2. The number of nitrogens with one attached hydrogen (secondary N) is 1. The fourth-order valence-corrected chi connectivity index (χ4v) is 3.79. The highest BCUT2D eigenvalue weighted by molar-refractivity contribution is 7.98. The maximum absolute atomic E-state index is 12.6. The van der Waals surface area contributed by atoms with Crippen LogP contribution in [0.15, 0.2) is 52.4 Å². The first-order valence-electron chi connectivity index (χ1n) is 9.18. The number of thioether (sulfide) groups is 1. The summed E-state index contributed by atoms with van der Waals surface area (Å²) in [6, 6.07) is 9.89. The molecular weight excluding hydrogens is 442 g/mol. The fourth-order valence-electron chi connectivity index (χ4n) is 2.65. The molecule has 3 aromatic rings. The fraction of sp³-hybridized carbons (Fsp3) is 0.250. The van der Waals surface area contributed by atoms with Crippen LogP contribution in [0.25, 0.3) is 10.6 Å². The number of amides is 1. The lowest BCUT2D eigenvalue weighted by molar-refractivity contribution is -0.384. The van der Waals surface area contributed by atoms with Gasteiger partial charge in [-0.25, -0.2) is 4.79 Å². The van der Waals surface area contributed by atoms with Crippen LogP contribution in [0.5, 0.6) is 0 Å². The highest BCUT2D eigenvalue weighted by atomic mass is 32.2. The van der Waals surface area contributed by atoms with Crippen LogP contribution in [-0.2, 0) is 16.1 Å². The zero-order chi connectivity index (χ0) is 22.2. The average Bonchev–Trinajstić information content (AvgIpc) is 3.46. The number of esters is 1. The number of aromatic nitrogens is 1. The number of hydrogen-bond acceptors (Lipinski definition) is 9. The van der Waals surface area contributed by atoms with E-state index in [1.807, 2.05) is 23.8 Å². The van der Waals surface area contributed by atoms with E-state index in [1.165, 1.54) is 41.3 Å². The van der Waals surface area contributed by atoms with Gasteiger partial charge in [-0.1, -0.05) is 17.3 Å². The van der Waals surface area contributed by atoms with E-state index >= 15 is 0 Å². The van der Waals surface area contributed by atoms with Crippen LogP contribution < -0.4 is 5.32 Å². The van der Waals surface area contributed by atoms with E-state index in [9.17, 15) is 19.7 Å². The van der Waals surface area contributed by atoms with E-state index in [-0.39, 0.29) is 17.9 Å². The topological polar surface area (TPSA) is 125 Å². The van der Waals surface area contributed by atoms with Crippen LogP contribution in [0.1, 0.15) is 22.5 Å². The summed E-state index contributed by atoms with van der Waals surface area (Å²) < 4.78 is 10.6. The van der Waals surface area contributed by atoms with E-state index in [0.29, 0.717) is 23.6 Å². The van der Waals surface area contributed by atoms with Gasteiger partial charge in [0.15, 0.2) is 5.76 Å². The molecule has 0 fully saturated rings. The standard InChI is InChI=1S/C20H19N3O6S2/c1-30-9-7-16(21-19(24)13-4-2-5-15(10-13)23(26)27)20(25)28-12-14-11-17(29-22-14)18-6-3-8-31-18/h2-6,8,10-11,16H,7,9,12H2,1H3,(H,21,24). The van der Waals surface area contributed by atoms with E-state index in [0.717, 1.165) is 10.9 Å². The molecule has 0 saturated carbocycles. The predicted octanol–water partition coefficient (Wildman–Crippen LogP) is 3.91. The van der Waals surface area contributed by atoms with E-state index in [4.69, 9.17) is 9.26 Å². The first kappa shape index (κ1) is 22.5. The minimum Gasteiger partial charge on any atom is -0.458 e. The van der Waals surface area contributed by atoms with Crippen molar-refractivity contribution >= 4 is 40.7 Å². The maximum Gasteiger partial charge on any atom is 0.329 e. The lowest BCUT2D eigenvalue weighted by Gasteiger charge is -2.17. The molecule has 11 heteroatoms. The third-order valence-electron chi connectivity index (χ3n) is 4.20. The summed E-state index contributed by atoms with van der Waals surface area (Å²) in [4.78, 5) is 36.4. The van der Waals surface area contributed by atoms with Gasteiger partial charge < -0.3 is 14.6 Å². The molecule has 2 heterocycles. The number of nitro benzene ring substituents is 1. The van der Waals surface area contributed by atoms with Crippen molar-refractivity contribution in [2.24, 2.45) is 0 Å². The molecular formula is C20H19N3O6S2. The zero-order valence-corrected chi connectivity index (χ0v) is 18.1. The molecule has 162 valence electrons. The monoisotopic (exact) mass is 461 g/mol. The number of carbonyl (C=O) groups is 2. The van der Waals surface area contributed by atoms with Gasteiger partial charge in [0.2, 0.25) is 0 Å². The quantitative estimate of drug-likeness (QED) is 0.274. The van der Waals surface area contributed by atoms with Gasteiger partial charge in [0.25, 0.3) is 11.6 Å². The average molecular weight is 462 g/mol. The highest BCUT2D eigenvalue weighted by Crippen LogP contribution is 2.25. The van der Waals surface area contributed by atoms with Gasteiger partial charge in [0.05, 0.1) is 9.80 Å². The molecule has 0 aliphatic carbocycles. The van der Waals surface area contributed by atoms with Gasteiger partial charge in [-0.3, -0.25) is 14.9 Å². The van der Waals surface area contributed by atoms with Crippen molar-refractivity contribution < 1.29 is 23.8 Å². The van der Waals surface area contributed by atoms with Crippen LogP contribution in [-0.4, -0.2) is 40.0 Å². The largest absolute Gasteiger partial charge is 0.458 e. The maximum atomic E-state index is 12.6. The number of benzene rings is 1. The molecule has 1 aromatic carbocycles. The van der Waals surface area contributed by atoms with Crippen molar-refractivity contribution in [3.63, 3.8) is 0 Å². The third kappa shape index (κ3) is 6.15. The molecule has 1 N–H and O–H groups in total. The Bertz CT molecular complexity index is 1050. The predicted molar refractivity (Wildman–Crippen MR) is 117 cm³/mol. The van der Waals surface area contributed by atoms with Crippen molar-refractivity contribution in [3.05, 3.63) is 69.2 Å². The molecule has 1 unspecified atom stereocenters. The van der Waals surface area contributed by atoms with Gasteiger partial charge in [0.1, 0.15) is 18.3 Å². The lowest BCUT2D eigenvalue weighted by atomic mass is 10.1. The van der Waals surface area contributed by atoms with Gasteiger partial charge in [-0.05, 0) is 35.9 Å². The molecule has 0 aliphatic heterocycles. The number of rotatable bonds is 10. The Balaban J connectivity index is 1.63. The second-order valence-electron chi connectivity index (χ2n) is 6.38. The minimum absolute atomic E-state index is 0.0910. The van der Waals surface area contributed by atoms with Crippen LogP contribution in [0.3, 0.4) is 0 Å². The van der Waals surface area contributed by atoms with Crippen molar-refractivity contribution in [1.29, 1.82) is 0 Å². The van der Waals surface area contributed by atoms with Gasteiger partial charge in [-0.2, -0.15) is 11.8 Å². The van der Waals surface area contributed by atoms with Crippen LogP contribution in [0.4, 0.5) is 5.69 Å². The number of thiophene rings is 1. The Morgan fingerprint density at radius 3 is 2.87 bits per heavy atom. The first-order chi connectivity index (χ1) is 15.0. The molecule has 0 spiro atoms. The van der Waals surface area contributed by atoms with Crippen molar-refractivity contribution in [2.75, 3.05) is 12.0 Å². The Kier molecular flexibility index (Phi) is 7.79. The zero-order valence-electron chi connectivity index (χ0n) is 16.5. The van der Waals surface area contributed by atoms with E-state index < -0.39 is 22.8 Å². The smallest absolute Gasteiger partial charge is 0.329 e. The van der Waals surface area contributed by atoms with Crippen LogP contribution in [0.2, 0.25) is 0 Å². The molecule has 0 saturated heterocycles. The molecule has 0 bridgehead atoms. The summed E-state index contributed by atoms with van der Waals surface area (Å²) in [7, 11) is 0. The van der Waals surface area contributed by atoms with E-state index in [1.54, 1.807) is 6.07 Å². The van der Waals surface area contributed by atoms with Crippen LogP contribution >= 0.6 is 23.1 Å². The molecule has 1 atom stereocenters. The first-order valence-corrected chi connectivity index (χ1v) is 11.5. The Hall–Kier alpha value is -3.18. The van der Waals surface area contributed by atoms with Gasteiger partial charge >= 0.3 is 5.97 Å². The van der Waals surface area contributed by atoms with Gasteiger partial charge in [-0.15, -0.1) is 11.3 Å². The minimum atomic E-state index is -0.900. The normalized spacial score (nSPS) is 11.6. The highest BCUT2D eigenvalue weighted by Gasteiger charge is 2.24. The van der Waals surface area contributed by atoms with Crippen molar-refractivity contribution in [1.82, 2.24) is 10.5 Å². The number of hydrogen-bond donors (Lipinski definition) is 1. The summed E-state index contributed by atoms with van der Waals surface area (Å²) in [5, 5.41) is 19.3. The third-order valence-corrected chi connectivity index (χ3v) is 5.73. The summed E-state index contributed by atoms with van der Waals surface area (Å²) >= 11 is 3.02. The van der Waals surface area contributed by atoms with Crippen molar-refractivity contribution in [3.8, 4) is 10.6 Å². The number of nitro groups is 1. The second kappa shape index (κ2) is 10.7. The molecule has 31 heavy (non-hydrogen) atoms. The Labute approximate surface area is 185 Å². The SMILES string of the molecule is CSCCC(NC(=O)c1cccc([N+](=O)[O-])c1)C(=O)OCc1cc(-c2cccs2)on1. The van der Waals surface area contributed by atoms with E-state index in [2.05, 4.69) is 10.5 Å². The van der Waals surface area contributed by atoms with Crippen molar-refractivity contribution in [2.45, 2.75) is 19.1 Å². The van der Waals surface area contributed by atoms with Gasteiger partial charge in [0, 0.05) is 23.8 Å². The Morgan fingerprint density at radius 1 is 1.32 bits per heavy atom.